The molecule has 6 heteroatoms. The second kappa shape index (κ2) is 9.78. The van der Waals surface area contributed by atoms with Gasteiger partial charge in [-0.3, -0.25) is 4.99 Å². The van der Waals surface area contributed by atoms with Crippen molar-refractivity contribution in [1.82, 2.24) is 10.6 Å². The van der Waals surface area contributed by atoms with Crippen LogP contribution in [0.3, 0.4) is 0 Å². The Morgan fingerprint density at radius 2 is 2.15 bits per heavy atom. The van der Waals surface area contributed by atoms with Crippen LogP contribution in [0.15, 0.2) is 29.3 Å². The highest BCUT2D eigenvalue weighted by Gasteiger charge is 2.59. The van der Waals surface area contributed by atoms with Crippen molar-refractivity contribution < 1.29 is 9.84 Å². The van der Waals surface area contributed by atoms with E-state index in [-0.39, 0.29) is 24.0 Å². The molecule has 2 atom stereocenters. The zero-order chi connectivity index (χ0) is 17.7. The van der Waals surface area contributed by atoms with Crippen molar-refractivity contribution in [3.8, 4) is 5.75 Å². The smallest absolute Gasteiger partial charge is 0.191 e. The van der Waals surface area contributed by atoms with E-state index in [1.54, 1.807) is 12.1 Å². The fourth-order valence-electron chi connectivity index (χ4n) is 4.13. The molecule has 5 nitrogen and oxygen atoms in total. The summed E-state index contributed by atoms with van der Waals surface area (Å²) in [6, 6.07) is 7.87. The molecule has 2 fully saturated rings. The van der Waals surface area contributed by atoms with Gasteiger partial charge >= 0.3 is 0 Å². The lowest BCUT2D eigenvalue weighted by Gasteiger charge is -2.61. The normalized spacial score (nSPS) is 23.5. The Balaban J connectivity index is 0.00000243. The first-order valence-electron chi connectivity index (χ1n) is 9.62. The van der Waals surface area contributed by atoms with Crippen LogP contribution in [-0.2, 0) is 11.2 Å². The van der Waals surface area contributed by atoms with E-state index < -0.39 is 0 Å². The molecule has 0 aromatic heterocycles. The Labute approximate surface area is 174 Å². The van der Waals surface area contributed by atoms with Crippen molar-refractivity contribution in [3.63, 3.8) is 0 Å². The third-order valence-electron chi connectivity index (χ3n) is 5.67. The number of hydrogen-bond donors (Lipinski definition) is 3. The van der Waals surface area contributed by atoms with Crippen molar-refractivity contribution in [1.29, 1.82) is 0 Å². The Kier molecular flexibility index (Phi) is 8.01. The standard InChI is InChI=1S/C20H31N3O2.HI/c1-3-21-19(22-12-9-15-7-5-8-16(24)13-15)23-17-14-18(25-4-2)20(17)10-6-11-20;/h5,7-8,13,17-18,24H,3-4,6,9-12,14H2,1-2H3,(H2,21,22,23);1H. The van der Waals surface area contributed by atoms with Crippen LogP contribution in [0.5, 0.6) is 5.75 Å². The molecule has 3 rings (SSSR count). The number of nitrogens with zero attached hydrogens (tertiary/aromatic N) is 1. The maximum absolute atomic E-state index is 9.55. The van der Waals surface area contributed by atoms with Crippen LogP contribution < -0.4 is 10.6 Å². The molecule has 2 unspecified atom stereocenters. The van der Waals surface area contributed by atoms with E-state index in [4.69, 9.17) is 9.73 Å². The molecule has 2 aliphatic rings. The summed E-state index contributed by atoms with van der Waals surface area (Å²) >= 11 is 0. The predicted molar refractivity (Wildman–Crippen MR) is 116 cm³/mol. The minimum atomic E-state index is 0. The highest BCUT2D eigenvalue weighted by molar-refractivity contribution is 14.0. The van der Waals surface area contributed by atoms with E-state index in [1.165, 1.54) is 19.3 Å². The van der Waals surface area contributed by atoms with Gasteiger partial charge in [-0.05, 0) is 57.2 Å². The first kappa shape index (κ1) is 21.3. The van der Waals surface area contributed by atoms with Gasteiger partial charge < -0.3 is 20.5 Å². The van der Waals surface area contributed by atoms with Gasteiger partial charge in [0.15, 0.2) is 5.96 Å². The van der Waals surface area contributed by atoms with Gasteiger partial charge in [-0.2, -0.15) is 0 Å². The molecule has 1 spiro atoms. The van der Waals surface area contributed by atoms with Crippen LogP contribution in [0.1, 0.15) is 45.1 Å². The predicted octanol–water partition coefficient (Wildman–Crippen LogP) is 3.46. The maximum atomic E-state index is 9.55. The number of rotatable bonds is 7. The number of aromatic hydroxyl groups is 1. The van der Waals surface area contributed by atoms with E-state index in [2.05, 4.69) is 24.5 Å². The molecule has 26 heavy (non-hydrogen) atoms. The summed E-state index contributed by atoms with van der Waals surface area (Å²) in [5, 5.41) is 16.6. The van der Waals surface area contributed by atoms with E-state index in [9.17, 15) is 5.11 Å². The van der Waals surface area contributed by atoms with Gasteiger partial charge in [0.05, 0.1) is 6.10 Å². The monoisotopic (exact) mass is 473 g/mol. The van der Waals surface area contributed by atoms with E-state index in [0.717, 1.165) is 37.5 Å². The fourth-order valence-corrected chi connectivity index (χ4v) is 4.13. The first-order valence-corrected chi connectivity index (χ1v) is 9.62. The highest BCUT2D eigenvalue weighted by atomic mass is 127. The summed E-state index contributed by atoms with van der Waals surface area (Å²) in [7, 11) is 0. The molecule has 0 radical (unpaired) electrons. The molecular formula is C20H32IN3O2. The van der Waals surface area contributed by atoms with Crippen LogP contribution in [0, 0.1) is 5.41 Å². The number of aliphatic imine (C=N–C) groups is 1. The summed E-state index contributed by atoms with van der Waals surface area (Å²) in [5.74, 6) is 1.21. The Morgan fingerprint density at radius 1 is 1.35 bits per heavy atom. The second-order valence-corrected chi connectivity index (χ2v) is 7.14. The van der Waals surface area contributed by atoms with Crippen LogP contribution in [0.2, 0.25) is 0 Å². The molecule has 0 amide bonds. The van der Waals surface area contributed by atoms with E-state index >= 15 is 0 Å². The molecule has 146 valence electrons. The first-order chi connectivity index (χ1) is 12.2. The summed E-state index contributed by atoms with van der Waals surface area (Å²) in [5.41, 5.74) is 1.44. The summed E-state index contributed by atoms with van der Waals surface area (Å²) < 4.78 is 5.93. The summed E-state index contributed by atoms with van der Waals surface area (Å²) in [4.78, 5) is 4.73. The fraction of sp³-hybridized carbons (Fsp3) is 0.650. The van der Waals surface area contributed by atoms with Crippen molar-refractivity contribution in [2.45, 2.75) is 58.1 Å². The van der Waals surface area contributed by atoms with E-state index in [0.29, 0.717) is 29.9 Å². The third-order valence-corrected chi connectivity index (χ3v) is 5.67. The zero-order valence-corrected chi connectivity index (χ0v) is 18.2. The van der Waals surface area contributed by atoms with Gasteiger partial charge in [-0.1, -0.05) is 18.6 Å². The molecule has 2 aliphatic carbocycles. The molecule has 1 aromatic carbocycles. The topological polar surface area (TPSA) is 65.9 Å². The van der Waals surface area contributed by atoms with Crippen LogP contribution in [0.4, 0.5) is 0 Å². The zero-order valence-electron chi connectivity index (χ0n) is 15.8. The Hall–Kier alpha value is -1.02. The number of ether oxygens (including phenoxy) is 1. The van der Waals surface area contributed by atoms with E-state index in [1.807, 2.05) is 12.1 Å². The van der Waals surface area contributed by atoms with Gasteiger partial charge in [0.2, 0.25) is 0 Å². The second-order valence-electron chi connectivity index (χ2n) is 7.14. The largest absolute Gasteiger partial charge is 0.508 e. The van der Waals surface area contributed by atoms with Crippen LogP contribution >= 0.6 is 24.0 Å². The number of hydrogen-bond acceptors (Lipinski definition) is 3. The molecule has 2 saturated carbocycles. The quantitative estimate of drug-likeness (QED) is 0.323. The number of nitrogens with one attached hydrogen (secondary N) is 2. The number of halogens is 1. The number of benzene rings is 1. The lowest BCUT2D eigenvalue weighted by Crippen LogP contribution is -2.68. The minimum Gasteiger partial charge on any atom is -0.508 e. The van der Waals surface area contributed by atoms with Crippen molar-refractivity contribution in [2.24, 2.45) is 10.4 Å². The highest BCUT2D eigenvalue weighted by Crippen LogP contribution is 2.57. The molecule has 0 aliphatic heterocycles. The molecule has 0 saturated heterocycles. The SMILES string of the molecule is CCNC(=NCCc1cccc(O)c1)NC1CC(OCC)C12CCC2.I. The molecule has 0 bridgehead atoms. The van der Waals surface area contributed by atoms with Gasteiger partial charge in [-0.25, -0.2) is 0 Å². The minimum absolute atomic E-state index is 0. The number of phenolic OH excluding ortho intramolecular Hbond substituents is 1. The third kappa shape index (κ3) is 4.63. The van der Waals surface area contributed by atoms with Gasteiger partial charge in [-0.15, -0.1) is 24.0 Å². The number of guanidine groups is 1. The summed E-state index contributed by atoms with van der Waals surface area (Å²) in [6.07, 6.45) is 6.15. The summed E-state index contributed by atoms with van der Waals surface area (Å²) in [6.45, 7) is 6.53. The molecule has 1 aromatic rings. The average Bonchev–Trinajstić information content (AvgIpc) is 2.52. The Bertz CT molecular complexity index is 604. The van der Waals surface area contributed by atoms with Crippen molar-refractivity contribution in [3.05, 3.63) is 29.8 Å². The molecule has 3 N–H and O–H groups in total. The Morgan fingerprint density at radius 3 is 2.77 bits per heavy atom. The lowest BCUT2D eigenvalue weighted by atomic mass is 9.51. The molecule has 0 heterocycles. The maximum Gasteiger partial charge on any atom is 0.191 e. The van der Waals surface area contributed by atoms with Gasteiger partial charge in [0, 0.05) is 31.2 Å². The van der Waals surface area contributed by atoms with Gasteiger partial charge in [0.25, 0.3) is 0 Å². The number of phenols is 1. The van der Waals surface area contributed by atoms with Gasteiger partial charge in [0.1, 0.15) is 5.75 Å². The lowest BCUT2D eigenvalue weighted by molar-refractivity contribution is -0.168. The van der Waals surface area contributed by atoms with Crippen LogP contribution in [-0.4, -0.2) is 42.9 Å². The average molecular weight is 473 g/mol. The van der Waals surface area contributed by atoms with Crippen molar-refractivity contribution in [2.75, 3.05) is 19.7 Å². The molecular weight excluding hydrogens is 441 g/mol. The van der Waals surface area contributed by atoms with Crippen LogP contribution in [0.25, 0.3) is 0 Å². The van der Waals surface area contributed by atoms with Crippen molar-refractivity contribution >= 4 is 29.9 Å².